The molecule has 4 nitrogen and oxygen atoms in total. The first-order chi connectivity index (χ1) is 9.58. The summed E-state index contributed by atoms with van der Waals surface area (Å²) in [5.74, 6) is -2.72. The molecule has 1 aromatic carbocycles. The molecule has 0 heterocycles. The predicted molar refractivity (Wildman–Crippen MR) is 73.7 cm³/mol. The number of rotatable bonds is 4. The number of carbonyl (C=O) groups is 2. The number of benzene rings is 1. The largest absolute Gasteiger partial charge is 0.550 e. The number of carboxylic acids is 1. The molecule has 20 heavy (non-hydrogen) atoms. The molecule has 1 aromatic rings. The van der Waals surface area contributed by atoms with Crippen molar-refractivity contribution >= 4 is 23.5 Å². The number of hydrogen-bond donors (Lipinski definition) is 1. The first-order valence-electron chi connectivity index (χ1n) is 6.46. The second-order valence-corrected chi connectivity index (χ2v) is 5.26. The molecule has 1 amide bonds. The molecule has 0 unspecified atom stereocenters. The number of allylic oxidation sites excluding steroid dienone is 2. The van der Waals surface area contributed by atoms with Gasteiger partial charge in [-0.15, -0.1) is 0 Å². The number of amides is 1. The van der Waals surface area contributed by atoms with Crippen molar-refractivity contribution in [3.05, 3.63) is 47.0 Å². The summed E-state index contributed by atoms with van der Waals surface area (Å²) in [6.45, 7) is 0.357. The Bertz CT molecular complexity index is 524. The average molecular weight is 293 g/mol. The highest BCUT2D eigenvalue weighted by Crippen LogP contribution is 2.25. The fraction of sp³-hybridized carbons (Fsp3) is 0.333. The molecule has 5 heteroatoms. The second kappa shape index (κ2) is 6.57. The minimum Gasteiger partial charge on any atom is -0.550 e. The first kappa shape index (κ1) is 14.6. The van der Waals surface area contributed by atoms with E-state index in [2.05, 4.69) is 5.32 Å². The van der Waals surface area contributed by atoms with Gasteiger partial charge in [-0.05, 0) is 30.5 Å². The first-order valence-corrected chi connectivity index (χ1v) is 6.83. The Morgan fingerprint density at radius 1 is 1.15 bits per heavy atom. The zero-order valence-electron chi connectivity index (χ0n) is 10.8. The van der Waals surface area contributed by atoms with E-state index < -0.39 is 17.8 Å². The van der Waals surface area contributed by atoms with Gasteiger partial charge in [0, 0.05) is 29.4 Å². The Balaban J connectivity index is 1.95. The Morgan fingerprint density at radius 3 is 2.35 bits per heavy atom. The zero-order valence-corrected chi connectivity index (χ0v) is 11.6. The molecule has 106 valence electrons. The fourth-order valence-corrected chi connectivity index (χ4v) is 2.41. The van der Waals surface area contributed by atoms with Crippen molar-refractivity contribution in [2.75, 3.05) is 0 Å². The number of nitrogens with one attached hydrogen (secondary N) is 1. The molecule has 0 bridgehead atoms. The van der Waals surface area contributed by atoms with Crippen LogP contribution in [0.5, 0.6) is 0 Å². The summed E-state index contributed by atoms with van der Waals surface area (Å²) < 4.78 is 0. The highest BCUT2D eigenvalue weighted by molar-refractivity contribution is 6.30. The Labute approximate surface area is 122 Å². The molecule has 2 atom stereocenters. The molecule has 1 aliphatic rings. The van der Waals surface area contributed by atoms with Gasteiger partial charge >= 0.3 is 0 Å². The second-order valence-electron chi connectivity index (χ2n) is 4.82. The standard InChI is InChI=1S/C15H16ClNO3/c16-11-7-5-10(6-8-11)9-17-14(18)12-3-1-2-4-13(12)15(19)20/h1-2,5-8,12-13H,3-4,9H2,(H,17,18)(H,19,20)/p-1/t12-,13+/m1/s1. The summed E-state index contributed by atoms with van der Waals surface area (Å²) in [7, 11) is 0. The molecule has 0 spiro atoms. The van der Waals surface area contributed by atoms with Crippen molar-refractivity contribution in [2.45, 2.75) is 19.4 Å². The maximum absolute atomic E-state index is 12.1. The number of halogens is 1. The van der Waals surface area contributed by atoms with E-state index in [-0.39, 0.29) is 5.91 Å². The van der Waals surface area contributed by atoms with E-state index in [1.165, 1.54) is 0 Å². The van der Waals surface area contributed by atoms with Crippen LogP contribution in [0.3, 0.4) is 0 Å². The van der Waals surface area contributed by atoms with E-state index in [9.17, 15) is 14.7 Å². The van der Waals surface area contributed by atoms with Crippen LogP contribution in [-0.4, -0.2) is 11.9 Å². The Morgan fingerprint density at radius 2 is 1.75 bits per heavy atom. The van der Waals surface area contributed by atoms with E-state index >= 15 is 0 Å². The highest BCUT2D eigenvalue weighted by Gasteiger charge is 2.29. The lowest BCUT2D eigenvalue weighted by atomic mass is 9.82. The predicted octanol–water partition coefficient (Wildman–Crippen LogP) is 1.29. The van der Waals surface area contributed by atoms with Crippen LogP contribution >= 0.6 is 11.6 Å². The van der Waals surface area contributed by atoms with Crippen molar-refractivity contribution in [3.63, 3.8) is 0 Å². The van der Waals surface area contributed by atoms with Crippen LogP contribution in [0.25, 0.3) is 0 Å². The fourth-order valence-electron chi connectivity index (χ4n) is 2.29. The smallest absolute Gasteiger partial charge is 0.224 e. The third-order valence-corrected chi connectivity index (χ3v) is 3.70. The van der Waals surface area contributed by atoms with Gasteiger partial charge in [0.05, 0.1) is 0 Å². The molecule has 1 aliphatic carbocycles. The molecular weight excluding hydrogens is 278 g/mol. The summed E-state index contributed by atoms with van der Waals surface area (Å²) in [6.07, 6.45) is 4.40. The molecular formula is C15H15ClNO3-. The third kappa shape index (κ3) is 3.61. The SMILES string of the molecule is O=C([O-])[C@H]1CC=CC[C@H]1C(=O)NCc1ccc(Cl)cc1. The van der Waals surface area contributed by atoms with E-state index in [1.807, 2.05) is 18.2 Å². The minimum atomic E-state index is -1.17. The summed E-state index contributed by atoms with van der Waals surface area (Å²) in [6, 6.07) is 7.13. The zero-order chi connectivity index (χ0) is 14.5. The lowest BCUT2D eigenvalue weighted by Gasteiger charge is -2.28. The molecule has 2 rings (SSSR count). The van der Waals surface area contributed by atoms with Gasteiger partial charge in [0.1, 0.15) is 0 Å². The van der Waals surface area contributed by atoms with Crippen LogP contribution in [0.1, 0.15) is 18.4 Å². The van der Waals surface area contributed by atoms with Gasteiger partial charge in [-0.2, -0.15) is 0 Å². The molecule has 0 aromatic heterocycles. The van der Waals surface area contributed by atoms with E-state index in [1.54, 1.807) is 18.2 Å². The van der Waals surface area contributed by atoms with Crippen LogP contribution in [-0.2, 0) is 16.1 Å². The van der Waals surface area contributed by atoms with Crippen molar-refractivity contribution in [1.29, 1.82) is 0 Å². The Kier molecular flexibility index (Phi) is 4.79. The summed E-state index contributed by atoms with van der Waals surface area (Å²) >= 11 is 5.78. The van der Waals surface area contributed by atoms with Crippen LogP contribution in [0, 0.1) is 11.8 Å². The van der Waals surface area contributed by atoms with Crippen LogP contribution in [0.2, 0.25) is 5.02 Å². The number of aliphatic carboxylic acids is 1. The quantitative estimate of drug-likeness (QED) is 0.850. The van der Waals surface area contributed by atoms with Crippen molar-refractivity contribution in [1.82, 2.24) is 5.32 Å². The van der Waals surface area contributed by atoms with Gasteiger partial charge in [0.25, 0.3) is 0 Å². The van der Waals surface area contributed by atoms with E-state index in [0.717, 1.165) is 5.56 Å². The van der Waals surface area contributed by atoms with E-state index in [0.29, 0.717) is 24.4 Å². The lowest BCUT2D eigenvalue weighted by Crippen LogP contribution is -2.43. The van der Waals surface area contributed by atoms with Crippen molar-refractivity contribution in [3.8, 4) is 0 Å². The number of hydrogen-bond acceptors (Lipinski definition) is 3. The normalized spacial score (nSPS) is 21.4. The average Bonchev–Trinajstić information content (AvgIpc) is 2.46. The molecule has 0 saturated carbocycles. The number of carbonyl (C=O) groups excluding carboxylic acids is 2. The monoisotopic (exact) mass is 292 g/mol. The molecule has 1 N–H and O–H groups in total. The van der Waals surface area contributed by atoms with Crippen molar-refractivity contribution < 1.29 is 14.7 Å². The van der Waals surface area contributed by atoms with Gasteiger partial charge < -0.3 is 15.2 Å². The Hall–Kier alpha value is -1.81. The van der Waals surface area contributed by atoms with Crippen LogP contribution in [0.4, 0.5) is 0 Å². The summed E-state index contributed by atoms with van der Waals surface area (Å²) in [4.78, 5) is 23.1. The molecule has 0 aliphatic heterocycles. The van der Waals surface area contributed by atoms with Gasteiger partial charge in [0.2, 0.25) is 5.91 Å². The maximum atomic E-state index is 12.1. The van der Waals surface area contributed by atoms with E-state index in [4.69, 9.17) is 11.6 Å². The van der Waals surface area contributed by atoms with Gasteiger partial charge in [-0.25, -0.2) is 0 Å². The third-order valence-electron chi connectivity index (χ3n) is 3.45. The van der Waals surface area contributed by atoms with Crippen molar-refractivity contribution in [2.24, 2.45) is 11.8 Å². The summed E-state index contributed by atoms with van der Waals surface area (Å²) in [5.41, 5.74) is 0.916. The van der Waals surface area contributed by atoms with Crippen LogP contribution in [0.15, 0.2) is 36.4 Å². The molecule has 0 fully saturated rings. The molecule has 0 saturated heterocycles. The maximum Gasteiger partial charge on any atom is 0.224 e. The van der Waals surface area contributed by atoms with Gasteiger partial charge in [0.15, 0.2) is 0 Å². The van der Waals surface area contributed by atoms with Gasteiger partial charge in [-0.1, -0.05) is 35.9 Å². The summed E-state index contributed by atoms with van der Waals surface area (Å²) in [5, 5.41) is 14.4. The molecule has 0 radical (unpaired) electrons. The lowest BCUT2D eigenvalue weighted by molar-refractivity contribution is -0.313. The topological polar surface area (TPSA) is 69.2 Å². The number of carboxylic acid groups (broad SMARTS) is 1. The van der Waals surface area contributed by atoms with Crippen LogP contribution < -0.4 is 10.4 Å². The van der Waals surface area contributed by atoms with Gasteiger partial charge in [-0.3, -0.25) is 4.79 Å². The highest BCUT2D eigenvalue weighted by atomic mass is 35.5. The minimum absolute atomic E-state index is 0.251.